The average Bonchev–Trinajstić information content (AvgIpc) is 3.47. The summed E-state index contributed by atoms with van der Waals surface area (Å²) in [5.74, 6) is 2.50. The van der Waals surface area contributed by atoms with Gasteiger partial charge in [0.05, 0.1) is 17.1 Å². The number of hydrogen-bond acceptors (Lipinski definition) is 5. The van der Waals surface area contributed by atoms with Crippen LogP contribution in [0.5, 0.6) is 0 Å². The van der Waals surface area contributed by atoms with E-state index in [1.807, 2.05) is 10.9 Å². The quantitative estimate of drug-likeness (QED) is 0.733. The van der Waals surface area contributed by atoms with Crippen molar-refractivity contribution < 1.29 is 4.52 Å². The summed E-state index contributed by atoms with van der Waals surface area (Å²) in [5.41, 5.74) is 3.02. The smallest absolute Gasteiger partial charge is 0.258 e. The second-order valence-electron chi connectivity index (χ2n) is 7.02. The van der Waals surface area contributed by atoms with Crippen LogP contribution in [-0.2, 0) is 0 Å². The molecule has 23 heavy (non-hydrogen) atoms. The lowest BCUT2D eigenvalue weighted by atomic mass is 10.1. The van der Waals surface area contributed by atoms with Gasteiger partial charge >= 0.3 is 0 Å². The van der Waals surface area contributed by atoms with Crippen LogP contribution >= 0.6 is 0 Å². The average molecular weight is 309 g/mol. The zero-order chi connectivity index (χ0) is 15.6. The SMILES string of the molecule is CC(C)n1ncc2c(-c3nc(C4CC4)no3)cc(C3CC3)nc21. The van der Waals surface area contributed by atoms with Crippen molar-refractivity contribution in [2.75, 3.05) is 0 Å². The summed E-state index contributed by atoms with van der Waals surface area (Å²) in [6, 6.07) is 2.39. The van der Waals surface area contributed by atoms with E-state index < -0.39 is 0 Å². The first kappa shape index (κ1) is 13.2. The minimum Gasteiger partial charge on any atom is -0.334 e. The van der Waals surface area contributed by atoms with E-state index in [1.54, 1.807) is 0 Å². The van der Waals surface area contributed by atoms with Crippen LogP contribution in [0.25, 0.3) is 22.5 Å². The highest BCUT2D eigenvalue weighted by Crippen LogP contribution is 2.43. The fourth-order valence-corrected chi connectivity index (χ4v) is 3.03. The Bertz CT molecular complexity index is 886. The molecule has 5 rings (SSSR count). The van der Waals surface area contributed by atoms with Crippen LogP contribution in [0.2, 0.25) is 0 Å². The number of pyridine rings is 1. The van der Waals surface area contributed by atoms with Crippen molar-refractivity contribution in [3.05, 3.63) is 23.8 Å². The van der Waals surface area contributed by atoms with E-state index in [1.165, 1.54) is 25.7 Å². The van der Waals surface area contributed by atoms with Crippen LogP contribution < -0.4 is 0 Å². The molecule has 0 saturated heterocycles. The third kappa shape index (κ3) is 2.16. The second kappa shape index (κ2) is 4.63. The Kier molecular flexibility index (Phi) is 2.66. The Hall–Kier alpha value is -2.24. The van der Waals surface area contributed by atoms with Gasteiger partial charge < -0.3 is 4.52 Å². The molecule has 0 N–H and O–H groups in total. The standard InChI is InChI=1S/C17H19N5O/c1-9(2)22-16-13(8-18-22)12(7-14(19-16)10-3-4-10)17-20-15(21-23-17)11-5-6-11/h7-11H,3-6H2,1-2H3. The van der Waals surface area contributed by atoms with Crippen molar-refractivity contribution in [3.63, 3.8) is 0 Å². The summed E-state index contributed by atoms with van der Waals surface area (Å²) in [6.45, 7) is 4.24. The first-order valence-corrected chi connectivity index (χ1v) is 8.43. The zero-order valence-corrected chi connectivity index (χ0v) is 13.4. The van der Waals surface area contributed by atoms with Crippen LogP contribution in [0.15, 0.2) is 16.8 Å². The van der Waals surface area contributed by atoms with Crippen molar-refractivity contribution >= 4 is 11.0 Å². The number of hydrogen-bond donors (Lipinski definition) is 0. The third-order valence-corrected chi connectivity index (χ3v) is 4.69. The van der Waals surface area contributed by atoms with Gasteiger partial charge in [0.25, 0.3) is 5.89 Å². The largest absolute Gasteiger partial charge is 0.334 e. The van der Waals surface area contributed by atoms with Gasteiger partial charge in [-0.25, -0.2) is 9.67 Å². The molecule has 3 aromatic rings. The molecule has 0 atom stereocenters. The van der Waals surface area contributed by atoms with E-state index in [2.05, 4.69) is 35.2 Å². The molecule has 2 saturated carbocycles. The van der Waals surface area contributed by atoms with Gasteiger partial charge in [-0.15, -0.1) is 0 Å². The van der Waals surface area contributed by atoms with Gasteiger partial charge in [-0.1, -0.05) is 5.16 Å². The highest BCUT2D eigenvalue weighted by molar-refractivity contribution is 5.90. The minimum atomic E-state index is 0.270. The first-order chi connectivity index (χ1) is 11.2. The molecule has 3 heterocycles. The lowest BCUT2D eigenvalue weighted by Crippen LogP contribution is -2.04. The van der Waals surface area contributed by atoms with Crippen molar-refractivity contribution in [1.29, 1.82) is 0 Å². The Morgan fingerprint density at radius 3 is 2.61 bits per heavy atom. The molecule has 0 spiro atoms. The van der Waals surface area contributed by atoms with Gasteiger partial charge in [0, 0.05) is 23.6 Å². The molecule has 0 bridgehead atoms. The Balaban J connectivity index is 1.71. The van der Waals surface area contributed by atoms with Crippen LogP contribution in [0, 0.1) is 0 Å². The molecule has 0 radical (unpaired) electrons. The summed E-state index contributed by atoms with van der Waals surface area (Å²) < 4.78 is 7.53. The third-order valence-electron chi connectivity index (χ3n) is 4.69. The maximum Gasteiger partial charge on any atom is 0.258 e. The van der Waals surface area contributed by atoms with Crippen molar-refractivity contribution in [3.8, 4) is 11.5 Å². The Morgan fingerprint density at radius 1 is 1.13 bits per heavy atom. The normalized spacial score (nSPS) is 18.2. The van der Waals surface area contributed by atoms with Gasteiger partial charge in [0.1, 0.15) is 0 Å². The summed E-state index contributed by atoms with van der Waals surface area (Å²) in [5, 5.41) is 9.67. The fraction of sp³-hybridized carbons (Fsp3) is 0.529. The molecule has 0 amide bonds. The van der Waals surface area contributed by atoms with Crippen LogP contribution in [-0.4, -0.2) is 24.9 Å². The number of aromatic nitrogens is 5. The van der Waals surface area contributed by atoms with Crippen LogP contribution in [0.1, 0.15) is 68.9 Å². The first-order valence-electron chi connectivity index (χ1n) is 8.43. The van der Waals surface area contributed by atoms with E-state index in [4.69, 9.17) is 9.51 Å². The predicted octanol–water partition coefficient (Wildman–Crippen LogP) is 3.82. The molecule has 0 unspecified atom stereocenters. The van der Waals surface area contributed by atoms with Crippen molar-refractivity contribution in [2.24, 2.45) is 0 Å². The molecule has 0 aliphatic heterocycles. The predicted molar refractivity (Wildman–Crippen MR) is 85.2 cm³/mol. The molecular formula is C17H19N5O. The molecule has 2 fully saturated rings. The highest BCUT2D eigenvalue weighted by atomic mass is 16.5. The van der Waals surface area contributed by atoms with Gasteiger partial charge in [0.2, 0.25) is 0 Å². The Labute approximate surface area is 133 Å². The van der Waals surface area contributed by atoms with E-state index in [0.717, 1.165) is 28.1 Å². The van der Waals surface area contributed by atoms with E-state index in [9.17, 15) is 0 Å². The van der Waals surface area contributed by atoms with E-state index in [-0.39, 0.29) is 6.04 Å². The van der Waals surface area contributed by atoms with Crippen LogP contribution in [0.4, 0.5) is 0 Å². The Morgan fingerprint density at radius 2 is 1.91 bits per heavy atom. The number of nitrogens with zero attached hydrogens (tertiary/aromatic N) is 5. The maximum absolute atomic E-state index is 5.56. The summed E-state index contributed by atoms with van der Waals surface area (Å²) in [7, 11) is 0. The van der Waals surface area contributed by atoms with E-state index in [0.29, 0.717) is 17.7 Å². The van der Waals surface area contributed by atoms with E-state index >= 15 is 0 Å². The van der Waals surface area contributed by atoms with Gasteiger partial charge in [0.15, 0.2) is 11.5 Å². The summed E-state index contributed by atoms with van der Waals surface area (Å²) in [6.07, 6.45) is 6.64. The molecule has 3 aromatic heterocycles. The summed E-state index contributed by atoms with van der Waals surface area (Å²) in [4.78, 5) is 9.49. The zero-order valence-electron chi connectivity index (χ0n) is 13.4. The second-order valence-corrected chi connectivity index (χ2v) is 7.02. The maximum atomic E-state index is 5.56. The molecule has 2 aliphatic rings. The van der Waals surface area contributed by atoms with Gasteiger partial charge in [-0.05, 0) is 45.6 Å². The lowest BCUT2D eigenvalue weighted by Gasteiger charge is -2.08. The van der Waals surface area contributed by atoms with Crippen LogP contribution in [0.3, 0.4) is 0 Å². The van der Waals surface area contributed by atoms with Crippen molar-refractivity contribution in [1.82, 2.24) is 24.9 Å². The monoisotopic (exact) mass is 309 g/mol. The lowest BCUT2D eigenvalue weighted by molar-refractivity contribution is 0.423. The molecule has 6 nitrogen and oxygen atoms in total. The van der Waals surface area contributed by atoms with Gasteiger partial charge in [-0.2, -0.15) is 10.1 Å². The molecular weight excluding hydrogens is 290 g/mol. The topological polar surface area (TPSA) is 69.6 Å². The molecule has 118 valence electrons. The number of rotatable bonds is 4. The fourth-order valence-electron chi connectivity index (χ4n) is 3.03. The summed E-state index contributed by atoms with van der Waals surface area (Å²) >= 11 is 0. The molecule has 6 heteroatoms. The van der Waals surface area contributed by atoms with Crippen molar-refractivity contribution in [2.45, 2.75) is 57.4 Å². The minimum absolute atomic E-state index is 0.270. The molecule has 0 aromatic carbocycles. The van der Waals surface area contributed by atoms with Gasteiger partial charge in [-0.3, -0.25) is 0 Å². The number of fused-ring (bicyclic) bond motifs is 1. The molecule has 2 aliphatic carbocycles. The highest BCUT2D eigenvalue weighted by Gasteiger charge is 2.31.